The third-order valence-electron chi connectivity index (χ3n) is 4.24. The average molecular weight is 446 g/mol. The first kappa shape index (κ1) is 21.8. The number of carbonyl (C=O) groups is 1. The zero-order chi connectivity index (χ0) is 21.7. The van der Waals surface area contributed by atoms with Crippen LogP contribution in [0, 0.1) is 0 Å². The van der Waals surface area contributed by atoms with Gasteiger partial charge in [0.2, 0.25) is 0 Å². The molecule has 158 valence electrons. The first-order valence-electron chi connectivity index (χ1n) is 9.28. The molecule has 1 amide bonds. The van der Waals surface area contributed by atoms with Crippen molar-refractivity contribution < 1.29 is 17.9 Å². The molecule has 0 saturated carbocycles. The van der Waals surface area contributed by atoms with Crippen LogP contribution in [0.15, 0.2) is 58.8 Å². The van der Waals surface area contributed by atoms with E-state index in [1.165, 1.54) is 25.3 Å². The molecule has 0 fully saturated rings. The van der Waals surface area contributed by atoms with Gasteiger partial charge in [0.05, 0.1) is 29.3 Å². The molecular formula is C21H23N3O4S2. The summed E-state index contributed by atoms with van der Waals surface area (Å²) < 4.78 is 33.0. The van der Waals surface area contributed by atoms with Gasteiger partial charge in [-0.05, 0) is 42.5 Å². The topological polar surface area (TPSA) is 97.4 Å². The van der Waals surface area contributed by atoms with Crippen molar-refractivity contribution in [1.29, 1.82) is 0 Å². The minimum atomic E-state index is -3.84. The standard InChI is InChI=1S/C21H23N3O4S2/c1-14(2)21-23-17(13-29-21)12-22-20(25)15-5-4-6-19(11-15)30(26,27)24-16-7-9-18(28-3)10-8-16/h4-11,13-14,24H,12H2,1-3H3,(H,22,25). The van der Waals surface area contributed by atoms with E-state index in [-0.39, 0.29) is 22.9 Å². The number of hydrogen-bond donors (Lipinski definition) is 2. The summed E-state index contributed by atoms with van der Waals surface area (Å²) in [6, 6.07) is 12.4. The number of aromatic nitrogens is 1. The maximum Gasteiger partial charge on any atom is 0.261 e. The number of rotatable bonds is 8. The molecule has 3 aromatic rings. The zero-order valence-electron chi connectivity index (χ0n) is 16.9. The largest absolute Gasteiger partial charge is 0.497 e. The Hall–Kier alpha value is -2.91. The molecule has 2 aromatic carbocycles. The van der Waals surface area contributed by atoms with Gasteiger partial charge in [-0.3, -0.25) is 9.52 Å². The summed E-state index contributed by atoms with van der Waals surface area (Å²) in [6.07, 6.45) is 0. The second kappa shape index (κ2) is 9.27. The highest BCUT2D eigenvalue weighted by Crippen LogP contribution is 2.21. The molecule has 0 saturated heterocycles. The first-order valence-corrected chi connectivity index (χ1v) is 11.6. The number of anilines is 1. The molecule has 7 nitrogen and oxygen atoms in total. The first-order chi connectivity index (χ1) is 14.3. The number of amides is 1. The van der Waals surface area contributed by atoms with Crippen LogP contribution in [0.5, 0.6) is 5.75 Å². The summed E-state index contributed by atoms with van der Waals surface area (Å²) in [5, 5.41) is 5.71. The van der Waals surface area contributed by atoms with Crippen molar-refractivity contribution in [2.45, 2.75) is 31.2 Å². The fraction of sp³-hybridized carbons (Fsp3) is 0.238. The predicted molar refractivity (Wildman–Crippen MR) is 118 cm³/mol. The van der Waals surface area contributed by atoms with Gasteiger partial charge in [0, 0.05) is 22.5 Å². The Morgan fingerprint density at radius 1 is 1.17 bits per heavy atom. The van der Waals surface area contributed by atoms with Gasteiger partial charge in [-0.25, -0.2) is 13.4 Å². The number of methoxy groups -OCH3 is 1. The van der Waals surface area contributed by atoms with Gasteiger partial charge in [0.1, 0.15) is 5.75 Å². The van der Waals surface area contributed by atoms with Crippen molar-refractivity contribution in [1.82, 2.24) is 10.3 Å². The molecule has 9 heteroatoms. The highest BCUT2D eigenvalue weighted by molar-refractivity contribution is 7.92. The molecule has 1 aromatic heterocycles. The molecule has 2 N–H and O–H groups in total. The van der Waals surface area contributed by atoms with Crippen LogP contribution in [0.4, 0.5) is 5.69 Å². The van der Waals surface area contributed by atoms with E-state index in [0.29, 0.717) is 17.4 Å². The highest BCUT2D eigenvalue weighted by atomic mass is 32.2. The van der Waals surface area contributed by atoms with Crippen LogP contribution >= 0.6 is 11.3 Å². The van der Waals surface area contributed by atoms with E-state index < -0.39 is 10.0 Å². The van der Waals surface area contributed by atoms with Gasteiger partial charge < -0.3 is 10.1 Å². The summed E-state index contributed by atoms with van der Waals surface area (Å²) in [4.78, 5) is 17.0. The average Bonchev–Trinajstić information content (AvgIpc) is 3.22. The smallest absolute Gasteiger partial charge is 0.261 e. The Kier molecular flexibility index (Phi) is 6.73. The highest BCUT2D eigenvalue weighted by Gasteiger charge is 2.17. The van der Waals surface area contributed by atoms with E-state index in [1.807, 2.05) is 5.38 Å². The molecule has 30 heavy (non-hydrogen) atoms. The van der Waals surface area contributed by atoms with E-state index in [1.54, 1.807) is 41.7 Å². The van der Waals surface area contributed by atoms with Crippen molar-refractivity contribution in [3.05, 3.63) is 70.2 Å². The predicted octanol–water partition coefficient (Wildman–Crippen LogP) is 4.01. The molecule has 0 unspecified atom stereocenters. The fourth-order valence-corrected chi connectivity index (χ4v) is 4.56. The number of benzene rings is 2. The van der Waals surface area contributed by atoms with Gasteiger partial charge in [-0.2, -0.15) is 0 Å². The number of hydrogen-bond acceptors (Lipinski definition) is 6. The maximum absolute atomic E-state index is 12.7. The third-order valence-corrected chi connectivity index (χ3v) is 6.82. The number of carbonyl (C=O) groups excluding carboxylic acids is 1. The van der Waals surface area contributed by atoms with E-state index in [4.69, 9.17) is 4.74 Å². The summed E-state index contributed by atoms with van der Waals surface area (Å²) >= 11 is 1.56. The Bertz CT molecular complexity index is 1120. The molecule has 0 radical (unpaired) electrons. The summed E-state index contributed by atoms with van der Waals surface area (Å²) in [7, 11) is -2.31. The lowest BCUT2D eigenvalue weighted by Crippen LogP contribution is -2.23. The van der Waals surface area contributed by atoms with Crippen LogP contribution in [0.25, 0.3) is 0 Å². The lowest BCUT2D eigenvalue weighted by molar-refractivity contribution is 0.0950. The van der Waals surface area contributed by atoms with Crippen molar-refractivity contribution in [3.8, 4) is 5.75 Å². The molecule has 0 atom stereocenters. The van der Waals surface area contributed by atoms with E-state index in [9.17, 15) is 13.2 Å². The van der Waals surface area contributed by atoms with Gasteiger partial charge in [0.25, 0.3) is 15.9 Å². The molecule has 0 aliphatic heterocycles. The summed E-state index contributed by atoms with van der Waals surface area (Å²) in [5.41, 5.74) is 1.43. The number of nitrogens with one attached hydrogen (secondary N) is 2. The maximum atomic E-state index is 12.7. The third kappa shape index (κ3) is 5.37. The van der Waals surface area contributed by atoms with Gasteiger partial charge in [0.15, 0.2) is 0 Å². The molecule has 0 aliphatic rings. The van der Waals surface area contributed by atoms with Crippen LogP contribution < -0.4 is 14.8 Å². The number of sulfonamides is 1. The summed E-state index contributed by atoms with van der Waals surface area (Å²) in [5.74, 6) is 0.590. The van der Waals surface area contributed by atoms with Crippen LogP contribution in [-0.2, 0) is 16.6 Å². The quantitative estimate of drug-likeness (QED) is 0.546. The molecular weight excluding hydrogens is 422 g/mol. The number of nitrogens with zero attached hydrogens (tertiary/aromatic N) is 1. The molecule has 0 spiro atoms. The fourth-order valence-electron chi connectivity index (χ4n) is 2.62. The number of thiazole rings is 1. The second-order valence-corrected chi connectivity index (χ2v) is 9.45. The van der Waals surface area contributed by atoms with Crippen molar-refractivity contribution in [3.63, 3.8) is 0 Å². The Morgan fingerprint density at radius 3 is 2.53 bits per heavy atom. The Balaban J connectivity index is 1.69. The lowest BCUT2D eigenvalue weighted by atomic mass is 10.2. The van der Waals surface area contributed by atoms with Gasteiger partial charge in [-0.1, -0.05) is 19.9 Å². The van der Waals surface area contributed by atoms with Crippen molar-refractivity contribution >= 4 is 33.0 Å². The van der Waals surface area contributed by atoms with Gasteiger partial charge in [-0.15, -0.1) is 11.3 Å². The minimum absolute atomic E-state index is 0.00159. The van der Waals surface area contributed by atoms with Crippen molar-refractivity contribution in [2.24, 2.45) is 0 Å². The second-order valence-electron chi connectivity index (χ2n) is 6.88. The molecule has 3 rings (SSSR count). The van der Waals surface area contributed by atoms with Gasteiger partial charge >= 0.3 is 0 Å². The van der Waals surface area contributed by atoms with Crippen LogP contribution in [-0.4, -0.2) is 26.4 Å². The molecule has 0 aliphatic carbocycles. The molecule has 0 bridgehead atoms. The SMILES string of the molecule is COc1ccc(NS(=O)(=O)c2cccc(C(=O)NCc3csc(C(C)C)n3)c2)cc1. The normalized spacial score (nSPS) is 11.3. The van der Waals surface area contributed by atoms with Crippen LogP contribution in [0.3, 0.4) is 0 Å². The zero-order valence-corrected chi connectivity index (χ0v) is 18.5. The summed E-state index contributed by atoms with van der Waals surface area (Å²) in [6.45, 7) is 4.41. The van der Waals surface area contributed by atoms with Crippen LogP contribution in [0.2, 0.25) is 0 Å². The van der Waals surface area contributed by atoms with E-state index >= 15 is 0 Å². The van der Waals surface area contributed by atoms with E-state index in [0.717, 1.165) is 10.7 Å². The monoisotopic (exact) mass is 445 g/mol. The minimum Gasteiger partial charge on any atom is -0.497 e. The van der Waals surface area contributed by atoms with E-state index in [2.05, 4.69) is 28.9 Å². The Morgan fingerprint density at radius 2 is 1.90 bits per heavy atom. The number of ether oxygens (including phenoxy) is 1. The Labute approximate surface area is 180 Å². The molecule has 1 heterocycles. The van der Waals surface area contributed by atoms with Crippen molar-refractivity contribution in [2.75, 3.05) is 11.8 Å². The van der Waals surface area contributed by atoms with Crippen LogP contribution in [0.1, 0.15) is 40.8 Å². The lowest BCUT2D eigenvalue weighted by Gasteiger charge is -2.10.